The lowest BCUT2D eigenvalue weighted by Crippen LogP contribution is -2.59. The van der Waals surface area contributed by atoms with Gasteiger partial charge in [-0.2, -0.15) is 0 Å². The number of hydrogen-bond donors (Lipinski definition) is 1. The number of aliphatic hydroxyl groups excluding tert-OH is 1. The van der Waals surface area contributed by atoms with Crippen molar-refractivity contribution in [3.05, 3.63) is 0 Å². The summed E-state index contributed by atoms with van der Waals surface area (Å²) >= 11 is 0. The molecule has 2 bridgehead atoms. The first-order valence-electron chi connectivity index (χ1n) is 7.23. The van der Waals surface area contributed by atoms with E-state index in [1.807, 2.05) is 0 Å². The molecular formula is C14H26NO+. The first kappa shape index (κ1) is 11.0. The van der Waals surface area contributed by atoms with Crippen LogP contribution < -0.4 is 0 Å². The van der Waals surface area contributed by atoms with Crippen molar-refractivity contribution in [2.45, 2.75) is 57.1 Å². The first-order valence-corrected chi connectivity index (χ1v) is 7.23. The number of hydrogen-bond acceptors (Lipinski definition) is 1. The van der Waals surface area contributed by atoms with E-state index < -0.39 is 0 Å². The van der Waals surface area contributed by atoms with Crippen LogP contribution in [-0.2, 0) is 0 Å². The Balaban J connectivity index is 1.80. The summed E-state index contributed by atoms with van der Waals surface area (Å²) in [7, 11) is 2.44. The molecule has 0 spiro atoms. The van der Waals surface area contributed by atoms with Crippen molar-refractivity contribution in [1.29, 1.82) is 0 Å². The average Bonchev–Trinajstić information content (AvgIpc) is 2.65. The van der Waals surface area contributed by atoms with E-state index in [0.717, 1.165) is 6.04 Å². The van der Waals surface area contributed by atoms with Crippen molar-refractivity contribution in [2.24, 2.45) is 11.8 Å². The van der Waals surface area contributed by atoms with E-state index in [9.17, 15) is 5.11 Å². The summed E-state index contributed by atoms with van der Waals surface area (Å²) in [6, 6.07) is 0.772. The van der Waals surface area contributed by atoms with Crippen LogP contribution in [0.25, 0.3) is 0 Å². The van der Waals surface area contributed by atoms with Crippen molar-refractivity contribution in [2.75, 3.05) is 20.1 Å². The van der Waals surface area contributed by atoms with Gasteiger partial charge in [0, 0.05) is 25.2 Å². The molecule has 2 nitrogen and oxygen atoms in total. The standard InChI is InChI=1S/C14H26NO/c1-15(9-2-3-10-15)13-8-7-11-5-4-6-12(13)14(11)16/h11-14,16H,2-10H2,1H3/q+1/t11-,12+,13-,14-/m0/s1. The second-order valence-corrected chi connectivity index (χ2v) is 6.62. The van der Waals surface area contributed by atoms with E-state index in [4.69, 9.17) is 0 Å². The van der Waals surface area contributed by atoms with Crippen molar-refractivity contribution in [1.82, 2.24) is 0 Å². The normalized spacial score (nSPS) is 46.9. The molecule has 16 heavy (non-hydrogen) atoms. The molecule has 0 radical (unpaired) electrons. The number of nitrogens with zero attached hydrogens (tertiary/aromatic N) is 1. The molecule has 0 aromatic carbocycles. The molecule has 0 amide bonds. The van der Waals surface area contributed by atoms with Gasteiger partial charge in [-0.1, -0.05) is 6.42 Å². The predicted octanol–water partition coefficient (Wildman–Crippen LogP) is 2.17. The van der Waals surface area contributed by atoms with Crippen molar-refractivity contribution in [3.8, 4) is 0 Å². The number of likely N-dealkylation sites (tertiary alicyclic amines) is 1. The second kappa shape index (κ2) is 3.99. The smallest absolute Gasteiger partial charge is 0.0941 e. The van der Waals surface area contributed by atoms with E-state index >= 15 is 0 Å². The Morgan fingerprint density at radius 2 is 1.69 bits per heavy atom. The van der Waals surface area contributed by atoms with Crippen molar-refractivity contribution in [3.63, 3.8) is 0 Å². The van der Waals surface area contributed by atoms with Gasteiger partial charge in [0.1, 0.15) is 0 Å². The zero-order valence-electron chi connectivity index (χ0n) is 10.6. The lowest BCUT2D eigenvalue weighted by atomic mass is 9.67. The van der Waals surface area contributed by atoms with Gasteiger partial charge in [-0.25, -0.2) is 0 Å². The molecule has 4 atom stereocenters. The van der Waals surface area contributed by atoms with Gasteiger partial charge in [-0.05, 0) is 25.2 Å². The third-order valence-corrected chi connectivity index (χ3v) is 5.75. The number of rotatable bonds is 1. The van der Waals surface area contributed by atoms with E-state index in [-0.39, 0.29) is 6.10 Å². The maximum Gasteiger partial charge on any atom is 0.0941 e. The first-order chi connectivity index (χ1) is 7.71. The van der Waals surface area contributed by atoms with E-state index in [1.165, 1.54) is 62.5 Å². The molecule has 1 aliphatic heterocycles. The quantitative estimate of drug-likeness (QED) is 0.677. The number of aliphatic hydroxyl groups is 1. The van der Waals surface area contributed by atoms with Crippen LogP contribution in [0.4, 0.5) is 0 Å². The van der Waals surface area contributed by atoms with Crippen molar-refractivity contribution >= 4 is 0 Å². The number of quaternary nitrogens is 1. The largest absolute Gasteiger partial charge is 0.392 e. The maximum absolute atomic E-state index is 10.4. The summed E-state index contributed by atoms with van der Waals surface area (Å²) in [5.41, 5.74) is 0. The minimum absolute atomic E-state index is 0.0306. The second-order valence-electron chi connectivity index (χ2n) is 6.62. The van der Waals surface area contributed by atoms with Crippen LogP contribution >= 0.6 is 0 Å². The van der Waals surface area contributed by atoms with Crippen LogP contribution in [0.3, 0.4) is 0 Å². The zero-order chi connectivity index (χ0) is 11.2. The fraction of sp³-hybridized carbons (Fsp3) is 1.00. The molecule has 3 fully saturated rings. The molecule has 0 unspecified atom stereocenters. The van der Waals surface area contributed by atoms with Gasteiger partial charge < -0.3 is 9.59 Å². The van der Waals surface area contributed by atoms with Crippen LogP contribution in [0, 0.1) is 11.8 Å². The Kier molecular flexibility index (Phi) is 2.75. The molecule has 0 aromatic rings. The van der Waals surface area contributed by atoms with Gasteiger partial charge in [-0.3, -0.25) is 0 Å². The van der Waals surface area contributed by atoms with Gasteiger partial charge in [-0.15, -0.1) is 0 Å². The molecular weight excluding hydrogens is 198 g/mol. The summed E-state index contributed by atoms with van der Waals surface area (Å²) in [4.78, 5) is 0. The predicted molar refractivity (Wildman–Crippen MR) is 65.0 cm³/mol. The molecule has 2 heteroatoms. The van der Waals surface area contributed by atoms with Crippen LogP contribution in [0.1, 0.15) is 44.9 Å². The zero-order valence-corrected chi connectivity index (χ0v) is 10.6. The minimum Gasteiger partial charge on any atom is -0.392 e. The van der Waals surface area contributed by atoms with E-state index in [2.05, 4.69) is 7.05 Å². The highest BCUT2D eigenvalue weighted by atomic mass is 16.3. The highest BCUT2D eigenvalue weighted by Crippen LogP contribution is 2.44. The van der Waals surface area contributed by atoms with E-state index in [1.54, 1.807) is 0 Å². The lowest BCUT2D eigenvalue weighted by molar-refractivity contribution is -0.928. The summed E-state index contributed by atoms with van der Waals surface area (Å²) < 4.78 is 1.27. The van der Waals surface area contributed by atoms with Crippen LogP contribution in [0.15, 0.2) is 0 Å². The summed E-state index contributed by atoms with van der Waals surface area (Å²) in [5.74, 6) is 1.26. The van der Waals surface area contributed by atoms with Gasteiger partial charge in [0.15, 0.2) is 0 Å². The Labute approximate surface area is 99.2 Å². The van der Waals surface area contributed by atoms with Crippen LogP contribution in [-0.4, -0.2) is 41.9 Å². The Hall–Kier alpha value is -0.0800. The fourth-order valence-corrected chi connectivity index (χ4v) is 4.80. The molecule has 1 heterocycles. The SMILES string of the molecule is C[N+]1([C@H]2CC[C@@H]3CCC[C@H]2[C@H]3O)CCCC1. The highest BCUT2D eigenvalue weighted by Gasteiger charge is 2.49. The molecule has 3 rings (SSSR count). The van der Waals surface area contributed by atoms with Gasteiger partial charge >= 0.3 is 0 Å². The molecule has 92 valence electrons. The monoisotopic (exact) mass is 224 g/mol. The summed E-state index contributed by atoms with van der Waals surface area (Å²) in [6.45, 7) is 2.72. The topological polar surface area (TPSA) is 20.2 Å². The summed E-state index contributed by atoms with van der Waals surface area (Å²) in [5, 5.41) is 10.4. The van der Waals surface area contributed by atoms with Crippen LogP contribution in [0.5, 0.6) is 0 Å². The molecule has 1 N–H and O–H groups in total. The van der Waals surface area contributed by atoms with Crippen LogP contribution in [0.2, 0.25) is 0 Å². The van der Waals surface area contributed by atoms with Gasteiger partial charge in [0.25, 0.3) is 0 Å². The Morgan fingerprint density at radius 3 is 2.44 bits per heavy atom. The summed E-state index contributed by atoms with van der Waals surface area (Å²) in [6.07, 6.45) is 9.44. The highest BCUT2D eigenvalue weighted by molar-refractivity contribution is 4.92. The number of fused-ring (bicyclic) bond motifs is 2. The third-order valence-electron chi connectivity index (χ3n) is 5.75. The maximum atomic E-state index is 10.4. The lowest BCUT2D eigenvalue weighted by Gasteiger charge is -2.50. The minimum atomic E-state index is 0.0306. The van der Waals surface area contributed by atoms with E-state index in [0.29, 0.717) is 11.8 Å². The Morgan fingerprint density at radius 1 is 0.938 bits per heavy atom. The Bertz CT molecular complexity index is 259. The fourth-order valence-electron chi connectivity index (χ4n) is 4.80. The third kappa shape index (κ3) is 1.62. The molecule has 2 aliphatic carbocycles. The van der Waals surface area contributed by atoms with Gasteiger partial charge in [0.05, 0.1) is 32.3 Å². The average molecular weight is 224 g/mol. The molecule has 3 aliphatic rings. The van der Waals surface area contributed by atoms with Gasteiger partial charge in [0.2, 0.25) is 0 Å². The molecule has 1 saturated heterocycles. The van der Waals surface area contributed by atoms with Crippen molar-refractivity contribution < 1.29 is 9.59 Å². The molecule has 2 saturated carbocycles. The molecule has 0 aromatic heterocycles.